The third kappa shape index (κ3) is 3.08. The lowest BCUT2D eigenvalue weighted by molar-refractivity contribution is 0.0916. The largest absolute Gasteiger partial charge is 0.313 e. The second-order valence-electron chi connectivity index (χ2n) is 7.41. The van der Waals surface area contributed by atoms with Crippen molar-refractivity contribution in [2.75, 3.05) is 19.6 Å². The van der Waals surface area contributed by atoms with E-state index in [2.05, 4.69) is 59.7 Å². The van der Waals surface area contributed by atoms with E-state index in [0.29, 0.717) is 6.54 Å². The maximum atomic E-state index is 13.2. The molecule has 4 rings (SSSR count). The van der Waals surface area contributed by atoms with E-state index < -0.39 is 0 Å². The Bertz CT molecular complexity index is 931. The first-order valence-electron chi connectivity index (χ1n) is 9.58. The van der Waals surface area contributed by atoms with Gasteiger partial charge in [0.2, 0.25) is 0 Å². The first kappa shape index (κ1) is 17.0. The zero-order valence-electron chi connectivity index (χ0n) is 15.7. The Morgan fingerprint density at radius 3 is 2.35 bits per heavy atom. The summed E-state index contributed by atoms with van der Waals surface area (Å²) >= 11 is 0. The molecule has 0 saturated carbocycles. The zero-order valence-corrected chi connectivity index (χ0v) is 15.7. The minimum Gasteiger partial charge on any atom is -0.313 e. The van der Waals surface area contributed by atoms with Gasteiger partial charge in [0.25, 0.3) is 0 Å². The second-order valence-corrected chi connectivity index (χ2v) is 7.41. The molecule has 1 fully saturated rings. The molecule has 0 aliphatic carbocycles. The van der Waals surface area contributed by atoms with Crippen LogP contribution in [0.25, 0.3) is 16.6 Å². The second kappa shape index (κ2) is 7.08. The summed E-state index contributed by atoms with van der Waals surface area (Å²) in [5, 5.41) is 1.06. The number of nitrogens with zero attached hydrogens (tertiary/aromatic N) is 2. The smallest absolute Gasteiger partial charge is 0.179 e. The van der Waals surface area contributed by atoms with Crippen LogP contribution >= 0.6 is 0 Å². The molecule has 1 aromatic heterocycles. The van der Waals surface area contributed by atoms with Gasteiger partial charge in [-0.15, -0.1) is 0 Å². The van der Waals surface area contributed by atoms with Gasteiger partial charge in [0, 0.05) is 22.3 Å². The van der Waals surface area contributed by atoms with Gasteiger partial charge in [0.05, 0.1) is 12.1 Å². The van der Waals surface area contributed by atoms with E-state index in [-0.39, 0.29) is 5.78 Å². The first-order valence-corrected chi connectivity index (χ1v) is 9.58. The SMILES string of the molecule is Cc1ccc(-n2c(C)c(C(=O)CN3CCCCC3)c3ccccc32)cc1. The van der Waals surface area contributed by atoms with E-state index in [1.807, 2.05) is 12.1 Å². The molecule has 2 heterocycles. The molecule has 0 N–H and O–H groups in total. The number of fused-ring (bicyclic) bond motifs is 1. The van der Waals surface area contributed by atoms with Crippen molar-refractivity contribution in [3.63, 3.8) is 0 Å². The molecule has 1 aliphatic rings. The van der Waals surface area contributed by atoms with Crippen LogP contribution < -0.4 is 0 Å². The molecule has 3 aromatic rings. The zero-order chi connectivity index (χ0) is 18.1. The van der Waals surface area contributed by atoms with Gasteiger partial charge in [-0.2, -0.15) is 0 Å². The summed E-state index contributed by atoms with van der Waals surface area (Å²) in [6.45, 7) is 6.78. The quantitative estimate of drug-likeness (QED) is 0.627. The fourth-order valence-corrected chi connectivity index (χ4v) is 4.15. The monoisotopic (exact) mass is 346 g/mol. The Hall–Kier alpha value is -2.39. The molecular formula is C23H26N2O. The molecule has 0 spiro atoms. The number of aromatic nitrogens is 1. The van der Waals surface area contributed by atoms with E-state index in [1.54, 1.807) is 0 Å². The van der Waals surface area contributed by atoms with Gasteiger partial charge in [-0.1, -0.05) is 42.3 Å². The number of para-hydroxylation sites is 1. The molecule has 3 nitrogen and oxygen atoms in total. The molecule has 1 aliphatic heterocycles. The normalized spacial score (nSPS) is 15.5. The van der Waals surface area contributed by atoms with E-state index in [4.69, 9.17) is 0 Å². The molecule has 134 valence electrons. The highest BCUT2D eigenvalue weighted by atomic mass is 16.1. The van der Waals surface area contributed by atoms with Gasteiger partial charge in [0.1, 0.15) is 0 Å². The van der Waals surface area contributed by atoms with E-state index in [1.165, 1.54) is 24.8 Å². The van der Waals surface area contributed by atoms with Gasteiger partial charge < -0.3 is 4.57 Å². The van der Waals surface area contributed by atoms with Gasteiger partial charge in [-0.3, -0.25) is 9.69 Å². The maximum absolute atomic E-state index is 13.2. The van der Waals surface area contributed by atoms with Crippen LogP contribution in [-0.4, -0.2) is 34.9 Å². The molecule has 3 heteroatoms. The molecule has 0 atom stereocenters. The maximum Gasteiger partial charge on any atom is 0.179 e. The van der Waals surface area contributed by atoms with Crippen molar-refractivity contribution in [2.24, 2.45) is 0 Å². The minimum atomic E-state index is 0.242. The number of piperidine rings is 1. The van der Waals surface area contributed by atoms with Gasteiger partial charge in [0.15, 0.2) is 5.78 Å². The molecule has 0 radical (unpaired) electrons. The van der Waals surface area contributed by atoms with Crippen molar-refractivity contribution in [1.29, 1.82) is 0 Å². The highest BCUT2D eigenvalue weighted by Gasteiger charge is 2.22. The molecular weight excluding hydrogens is 320 g/mol. The number of aryl methyl sites for hydroxylation is 1. The highest BCUT2D eigenvalue weighted by Crippen LogP contribution is 2.30. The molecule has 0 amide bonds. The number of rotatable bonds is 4. The average molecular weight is 346 g/mol. The first-order chi connectivity index (χ1) is 12.6. The van der Waals surface area contributed by atoms with Gasteiger partial charge in [-0.05, 0) is 58.0 Å². The number of benzene rings is 2. The fraction of sp³-hybridized carbons (Fsp3) is 0.348. The van der Waals surface area contributed by atoms with Crippen LogP contribution in [0, 0.1) is 13.8 Å². The van der Waals surface area contributed by atoms with Crippen molar-refractivity contribution in [3.05, 3.63) is 65.4 Å². The minimum absolute atomic E-state index is 0.242. The summed E-state index contributed by atoms with van der Waals surface area (Å²) in [5.74, 6) is 0.242. The van der Waals surface area contributed by atoms with Crippen LogP contribution in [-0.2, 0) is 0 Å². The summed E-state index contributed by atoms with van der Waals surface area (Å²) in [7, 11) is 0. The third-order valence-corrected chi connectivity index (χ3v) is 5.50. The number of hydrogen-bond donors (Lipinski definition) is 0. The number of carbonyl (C=O) groups is 1. The Morgan fingerprint density at radius 1 is 0.923 bits per heavy atom. The predicted octanol–water partition coefficient (Wildman–Crippen LogP) is 4.92. The van der Waals surface area contributed by atoms with Crippen LogP contribution in [0.4, 0.5) is 0 Å². The standard InChI is InChI=1S/C23H26N2O/c1-17-10-12-19(13-11-17)25-18(2)23(20-8-4-5-9-21(20)25)22(26)16-24-14-6-3-7-15-24/h4-5,8-13H,3,6-7,14-16H2,1-2H3. The topological polar surface area (TPSA) is 25.2 Å². The van der Waals surface area contributed by atoms with Crippen LogP contribution in [0.1, 0.15) is 40.9 Å². The number of Topliss-reactive ketones (excluding diaryl/α,β-unsaturated/α-hetero) is 1. The number of likely N-dealkylation sites (tertiary alicyclic amines) is 1. The molecule has 0 bridgehead atoms. The van der Waals surface area contributed by atoms with E-state index >= 15 is 0 Å². The fourth-order valence-electron chi connectivity index (χ4n) is 4.15. The lowest BCUT2D eigenvalue weighted by atomic mass is 10.0. The highest BCUT2D eigenvalue weighted by molar-refractivity contribution is 6.10. The van der Waals surface area contributed by atoms with Crippen LogP contribution in [0.3, 0.4) is 0 Å². The Labute approximate surface area is 155 Å². The predicted molar refractivity (Wildman–Crippen MR) is 107 cm³/mol. The number of carbonyl (C=O) groups excluding carboxylic acids is 1. The number of ketones is 1. The molecule has 26 heavy (non-hydrogen) atoms. The van der Waals surface area contributed by atoms with Crippen molar-refractivity contribution in [1.82, 2.24) is 9.47 Å². The molecule has 1 saturated heterocycles. The summed E-state index contributed by atoms with van der Waals surface area (Å²) in [6, 6.07) is 16.8. The van der Waals surface area contributed by atoms with Gasteiger partial charge >= 0.3 is 0 Å². The third-order valence-electron chi connectivity index (χ3n) is 5.50. The number of hydrogen-bond acceptors (Lipinski definition) is 2. The van der Waals surface area contributed by atoms with Crippen LogP contribution in [0.2, 0.25) is 0 Å². The Balaban J connectivity index is 1.78. The van der Waals surface area contributed by atoms with Crippen molar-refractivity contribution >= 4 is 16.7 Å². The molecule has 2 aromatic carbocycles. The van der Waals surface area contributed by atoms with Crippen LogP contribution in [0.5, 0.6) is 0 Å². The lowest BCUT2D eigenvalue weighted by Gasteiger charge is -2.25. The summed E-state index contributed by atoms with van der Waals surface area (Å²) in [5.41, 5.74) is 5.38. The summed E-state index contributed by atoms with van der Waals surface area (Å²) < 4.78 is 2.22. The molecule has 0 unspecified atom stereocenters. The Morgan fingerprint density at radius 2 is 1.62 bits per heavy atom. The van der Waals surface area contributed by atoms with Crippen LogP contribution in [0.15, 0.2) is 48.5 Å². The average Bonchev–Trinajstić information content (AvgIpc) is 2.95. The van der Waals surface area contributed by atoms with E-state index in [9.17, 15) is 4.79 Å². The van der Waals surface area contributed by atoms with Crippen molar-refractivity contribution in [3.8, 4) is 5.69 Å². The van der Waals surface area contributed by atoms with Crippen molar-refractivity contribution < 1.29 is 4.79 Å². The Kier molecular flexibility index (Phi) is 4.64. The summed E-state index contributed by atoms with van der Waals surface area (Å²) in [6.07, 6.45) is 3.70. The van der Waals surface area contributed by atoms with Gasteiger partial charge in [-0.25, -0.2) is 0 Å². The lowest BCUT2D eigenvalue weighted by Crippen LogP contribution is -2.34. The summed E-state index contributed by atoms with van der Waals surface area (Å²) in [4.78, 5) is 15.5. The van der Waals surface area contributed by atoms with E-state index in [0.717, 1.165) is 40.9 Å². The van der Waals surface area contributed by atoms with Crippen molar-refractivity contribution in [2.45, 2.75) is 33.1 Å².